The minimum Gasteiger partial charge on any atom is -0.447 e. The summed E-state index contributed by atoms with van der Waals surface area (Å²) >= 11 is 0. The molecule has 1 fully saturated rings. The number of nitrogens with one attached hydrogen (secondary N) is 1. The number of urea groups is 1. The Morgan fingerprint density at radius 3 is 2.33 bits per heavy atom. The maximum Gasteiger partial charge on any atom is 0.355 e. The van der Waals surface area contributed by atoms with Crippen molar-refractivity contribution in [2.24, 2.45) is 18.7 Å². The second-order valence-corrected chi connectivity index (χ2v) is 8.64. The van der Waals surface area contributed by atoms with Crippen LogP contribution in [0.25, 0.3) is 0 Å². The molecule has 0 aromatic carbocycles. The van der Waals surface area contributed by atoms with Gasteiger partial charge >= 0.3 is 12.0 Å². The molecule has 1 unspecified atom stereocenters. The van der Waals surface area contributed by atoms with Crippen LogP contribution in [-0.2, 0) is 26.6 Å². The number of amides is 3. The maximum absolute atomic E-state index is 12.6. The molecule has 0 aliphatic carbocycles. The summed E-state index contributed by atoms with van der Waals surface area (Å²) in [6.07, 6.45) is 1.68. The number of hydrogen-bond acceptors (Lipinski definition) is 6. The number of ether oxygens (including phenoxy) is 1. The van der Waals surface area contributed by atoms with E-state index in [1.54, 1.807) is 13.8 Å². The summed E-state index contributed by atoms with van der Waals surface area (Å²) in [7, 11) is -2.18. The summed E-state index contributed by atoms with van der Waals surface area (Å²) in [5, 5.41) is 1.88. The number of esters is 1. The van der Waals surface area contributed by atoms with E-state index in [0.717, 1.165) is 12.8 Å². The van der Waals surface area contributed by atoms with E-state index in [1.165, 1.54) is 28.2 Å². The van der Waals surface area contributed by atoms with Gasteiger partial charge in [-0.05, 0) is 24.8 Å². The van der Waals surface area contributed by atoms with Crippen molar-refractivity contribution in [1.82, 2.24) is 14.2 Å². The first-order valence-corrected chi connectivity index (χ1v) is 9.96. The predicted octanol–water partition coefficient (Wildman–Crippen LogP) is 0.186. The van der Waals surface area contributed by atoms with Crippen LogP contribution in [0.5, 0.6) is 0 Å². The molecule has 1 saturated heterocycles. The number of carbonyl (C=O) groups excluding carboxylic acids is 3. The second kappa shape index (κ2) is 8.09. The second-order valence-electron chi connectivity index (χ2n) is 6.71. The van der Waals surface area contributed by atoms with Gasteiger partial charge in [-0.15, -0.1) is 0 Å². The monoisotopic (exact) mass is 400 g/mol. The molecule has 0 radical (unpaired) electrons. The van der Waals surface area contributed by atoms with E-state index in [4.69, 9.17) is 10.5 Å². The number of imide groups is 1. The van der Waals surface area contributed by atoms with Crippen LogP contribution in [0.3, 0.4) is 0 Å². The van der Waals surface area contributed by atoms with Gasteiger partial charge in [-0.3, -0.25) is 10.1 Å². The van der Waals surface area contributed by atoms with Crippen LogP contribution < -0.4 is 11.1 Å². The van der Waals surface area contributed by atoms with E-state index in [1.807, 2.05) is 5.32 Å². The lowest BCUT2D eigenvalue weighted by molar-refractivity contribution is -0.130. The Labute approximate surface area is 157 Å². The van der Waals surface area contributed by atoms with E-state index in [2.05, 4.69) is 0 Å². The van der Waals surface area contributed by atoms with E-state index in [-0.39, 0.29) is 10.6 Å². The van der Waals surface area contributed by atoms with Crippen molar-refractivity contribution in [3.8, 4) is 0 Å². The maximum atomic E-state index is 12.6. The number of primary amides is 1. The normalized spacial score (nSPS) is 16.3. The number of rotatable bonds is 6. The van der Waals surface area contributed by atoms with Crippen LogP contribution in [0.2, 0.25) is 0 Å². The Hall–Kier alpha value is -2.40. The van der Waals surface area contributed by atoms with Gasteiger partial charge < -0.3 is 15.0 Å². The van der Waals surface area contributed by atoms with Crippen LogP contribution in [-0.4, -0.2) is 54.4 Å². The highest BCUT2D eigenvalue weighted by Crippen LogP contribution is 2.23. The van der Waals surface area contributed by atoms with E-state index < -0.39 is 40.0 Å². The third-order valence-electron chi connectivity index (χ3n) is 4.24. The van der Waals surface area contributed by atoms with Gasteiger partial charge in [0.15, 0.2) is 6.10 Å². The molecule has 1 aromatic heterocycles. The molecule has 1 aromatic rings. The third kappa shape index (κ3) is 4.66. The van der Waals surface area contributed by atoms with Crippen LogP contribution in [0.15, 0.2) is 17.2 Å². The first-order chi connectivity index (χ1) is 12.5. The number of aryl methyl sites for hydroxylation is 1. The fourth-order valence-electron chi connectivity index (χ4n) is 2.82. The number of sulfonamides is 1. The highest BCUT2D eigenvalue weighted by Gasteiger charge is 2.32. The molecule has 150 valence electrons. The smallest absolute Gasteiger partial charge is 0.355 e. The zero-order chi connectivity index (χ0) is 20.4. The molecule has 0 bridgehead atoms. The molecule has 3 N–H and O–H groups in total. The van der Waals surface area contributed by atoms with Gasteiger partial charge in [-0.2, -0.15) is 4.31 Å². The molecule has 1 aliphatic rings. The number of aromatic nitrogens is 1. The highest BCUT2D eigenvalue weighted by molar-refractivity contribution is 7.89. The summed E-state index contributed by atoms with van der Waals surface area (Å²) in [6, 6.07) is 0.166. The average Bonchev–Trinajstić information content (AvgIpc) is 3.21. The summed E-state index contributed by atoms with van der Waals surface area (Å²) in [4.78, 5) is 35.3. The molecule has 3 amide bonds. The Morgan fingerprint density at radius 1 is 1.22 bits per heavy atom. The molecule has 1 atom stereocenters. The minimum atomic E-state index is -3.69. The van der Waals surface area contributed by atoms with E-state index >= 15 is 0 Å². The zero-order valence-corrected chi connectivity index (χ0v) is 16.3. The Kier molecular flexibility index (Phi) is 6.26. The van der Waals surface area contributed by atoms with Crippen LogP contribution in [0.4, 0.5) is 4.79 Å². The van der Waals surface area contributed by atoms with Gasteiger partial charge in [-0.1, -0.05) is 13.8 Å². The quantitative estimate of drug-likeness (QED) is 0.653. The van der Waals surface area contributed by atoms with Crippen LogP contribution in [0.1, 0.15) is 37.2 Å². The van der Waals surface area contributed by atoms with Gasteiger partial charge in [0.05, 0.1) is 0 Å². The molecule has 10 nitrogen and oxygen atoms in total. The zero-order valence-electron chi connectivity index (χ0n) is 15.5. The lowest BCUT2D eigenvalue weighted by atomic mass is 10.1. The molecular formula is C16H24N4O6S. The molecule has 2 rings (SSSR count). The van der Waals surface area contributed by atoms with E-state index in [0.29, 0.717) is 13.1 Å². The van der Waals surface area contributed by atoms with Crippen molar-refractivity contribution in [2.45, 2.75) is 37.7 Å². The number of hydrogen-bond donors (Lipinski definition) is 2. The van der Waals surface area contributed by atoms with Crippen molar-refractivity contribution in [3.05, 3.63) is 18.0 Å². The Balaban J connectivity index is 2.22. The van der Waals surface area contributed by atoms with Crippen LogP contribution in [0, 0.1) is 5.92 Å². The molecule has 1 aliphatic heterocycles. The summed E-state index contributed by atoms with van der Waals surface area (Å²) < 4.78 is 33.2. The predicted molar refractivity (Wildman–Crippen MR) is 95.2 cm³/mol. The average molecular weight is 400 g/mol. The van der Waals surface area contributed by atoms with Gasteiger partial charge in [0, 0.05) is 26.3 Å². The van der Waals surface area contributed by atoms with Gasteiger partial charge in [0.1, 0.15) is 10.6 Å². The van der Waals surface area contributed by atoms with Gasteiger partial charge in [-0.25, -0.2) is 18.0 Å². The molecule has 2 heterocycles. The largest absolute Gasteiger partial charge is 0.447 e. The van der Waals surface area contributed by atoms with Crippen LogP contribution >= 0.6 is 0 Å². The number of carbonyl (C=O) groups is 3. The molecule has 27 heavy (non-hydrogen) atoms. The number of nitrogens with two attached hydrogens (primary N) is 1. The fraction of sp³-hybridized carbons (Fsp3) is 0.562. The summed E-state index contributed by atoms with van der Waals surface area (Å²) in [5.41, 5.74) is 4.90. The van der Waals surface area contributed by atoms with Gasteiger partial charge in [0.25, 0.3) is 5.91 Å². The Morgan fingerprint density at radius 2 is 1.81 bits per heavy atom. The fourth-order valence-corrected chi connectivity index (χ4v) is 4.41. The van der Waals surface area contributed by atoms with Crippen molar-refractivity contribution in [2.75, 3.05) is 13.1 Å². The van der Waals surface area contributed by atoms with Crippen molar-refractivity contribution in [1.29, 1.82) is 0 Å². The van der Waals surface area contributed by atoms with Crippen molar-refractivity contribution in [3.63, 3.8) is 0 Å². The lowest BCUT2D eigenvalue weighted by Gasteiger charge is -2.19. The SMILES string of the molecule is CC(C)C(OC(=O)c1cc(S(=O)(=O)N2CCCC2)cn1C)C(=O)NC(N)=O. The standard InChI is InChI=1S/C16H24N4O6S/c1-10(2)13(14(21)18-16(17)23)26-15(22)12-8-11(9-19(12)3)27(24,25)20-6-4-5-7-20/h8-10,13H,4-7H2,1-3H3,(H3,17,18,21,23). The molecule has 0 spiro atoms. The van der Waals surface area contributed by atoms with E-state index in [9.17, 15) is 22.8 Å². The topological polar surface area (TPSA) is 141 Å². The van der Waals surface area contributed by atoms with Crippen molar-refractivity contribution < 1.29 is 27.5 Å². The minimum absolute atomic E-state index is 0.0125. The molecule has 11 heteroatoms. The third-order valence-corrected chi connectivity index (χ3v) is 6.10. The number of nitrogens with zero attached hydrogens (tertiary/aromatic N) is 2. The van der Waals surface area contributed by atoms with Crippen molar-refractivity contribution >= 4 is 27.9 Å². The molecule has 0 saturated carbocycles. The highest BCUT2D eigenvalue weighted by atomic mass is 32.2. The van der Waals surface area contributed by atoms with Gasteiger partial charge in [0.2, 0.25) is 10.0 Å². The molecular weight excluding hydrogens is 376 g/mol. The first kappa shape index (κ1) is 20.9. The summed E-state index contributed by atoms with van der Waals surface area (Å²) in [6.45, 7) is 4.15. The summed E-state index contributed by atoms with van der Waals surface area (Å²) in [5.74, 6) is -2.15. The first-order valence-electron chi connectivity index (χ1n) is 8.52. The Bertz CT molecular complexity index is 839. The lowest BCUT2D eigenvalue weighted by Crippen LogP contribution is -2.45.